The van der Waals surface area contributed by atoms with E-state index in [9.17, 15) is 0 Å². The van der Waals surface area contributed by atoms with Gasteiger partial charge in [0.15, 0.2) is 5.96 Å². The third kappa shape index (κ3) is 5.31. The molecule has 0 amide bonds. The Balaban J connectivity index is 2.40. The molecule has 0 aromatic rings. The van der Waals surface area contributed by atoms with Crippen molar-refractivity contribution >= 4 is 5.96 Å². The summed E-state index contributed by atoms with van der Waals surface area (Å²) in [6.45, 7) is 13.5. The number of rotatable bonds is 5. The molecule has 1 fully saturated rings. The molecule has 4 nitrogen and oxygen atoms in total. The fourth-order valence-corrected chi connectivity index (χ4v) is 3.04. The first-order valence-electron chi connectivity index (χ1n) is 8.13. The van der Waals surface area contributed by atoms with Gasteiger partial charge in [0.05, 0.1) is 0 Å². The molecular weight excluding hydrogens is 248 g/mol. The molecule has 1 saturated heterocycles. The van der Waals surface area contributed by atoms with E-state index in [1.165, 1.54) is 12.8 Å². The van der Waals surface area contributed by atoms with E-state index in [0.29, 0.717) is 6.04 Å². The van der Waals surface area contributed by atoms with E-state index in [1.54, 1.807) is 0 Å². The van der Waals surface area contributed by atoms with Crippen LogP contribution >= 0.6 is 0 Å². The van der Waals surface area contributed by atoms with Crippen LogP contribution in [0.15, 0.2) is 4.99 Å². The molecule has 0 aromatic heterocycles. The lowest BCUT2D eigenvalue weighted by Gasteiger charge is -2.37. The second-order valence-electron chi connectivity index (χ2n) is 6.56. The zero-order valence-corrected chi connectivity index (χ0v) is 14.3. The Morgan fingerprint density at radius 1 is 1.35 bits per heavy atom. The third-order valence-corrected chi connectivity index (χ3v) is 4.47. The lowest BCUT2D eigenvalue weighted by molar-refractivity contribution is 0.206. The van der Waals surface area contributed by atoms with Crippen molar-refractivity contribution in [1.82, 2.24) is 15.1 Å². The van der Waals surface area contributed by atoms with Crippen molar-refractivity contribution in [2.75, 3.05) is 40.3 Å². The van der Waals surface area contributed by atoms with E-state index in [2.05, 4.69) is 54.9 Å². The highest BCUT2D eigenvalue weighted by Gasteiger charge is 2.23. The maximum atomic E-state index is 4.46. The zero-order valence-electron chi connectivity index (χ0n) is 14.3. The molecule has 0 aliphatic carbocycles. The summed E-state index contributed by atoms with van der Waals surface area (Å²) in [5.41, 5.74) is 0. The summed E-state index contributed by atoms with van der Waals surface area (Å²) in [5, 5.41) is 3.52. The second kappa shape index (κ2) is 8.50. The van der Waals surface area contributed by atoms with Crippen LogP contribution in [0.4, 0.5) is 0 Å². The average Bonchev–Trinajstić information content (AvgIpc) is 2.41. The normalized spacial score (nSPS) is 25.9. The SMILES string of the molecule is CCC(C)N(C)CCNC(=NC)N1CC(C)CC(C)C1. The number of guanidine groups is 1. The molecule has 3 unspecified atom stereocenters. The molecule has 0 saturated carbocycles. The van der Waals surface area contributed by atoms with Crippen LogP contribution < -0.4 is 5.32 Å². The minimum atomic E-state index is 0.647. The lowest BCUT2D eigenvalue weighted by Crippen LogP contribution is -2.49. The van der Waals surface area contributed by atoms with Gasteiger partial charge in [-0.05, 0) is 38.6 Å². The molecule has 0 aromatic carbocycles. The Morgan fingerprint density at radius 2 is 1.95 bits per heavy atom. The van der Waals surface area contributed by atoms with Gasteiger partial charge >= 0.3 is 0 Å². The van der Waals surface area contributed by atoms with Gasteiger partial charge in [0.2, 0.25) is 0 Å². The largest absolute Gasteiger partial charge is 0.355 e. The maximum Gasteiger partial charge on any atom is 0.193 e. The molecule has 1 N–H and O–H groups in total. The fourth-order valence-electron chi connectivity index (χ4n) is 3.04. The summed E-state index contributed by atoms with van der Waals surface area (Å²) in [5.74, 6) is 2.60. The summed E-state index contributed by atoms with van der Waals surface area (Å²) in [6, 6.07) is 0.647. The van der Waals surface area contributed by atoms with Crippen molar-refractivity contribution < 1.29 is 0 Å². The van der Waals surface area contributed by atoms with Gasteiger partial charge in [-0.2, -0.15) is 0 Å². The summed E-state index contributed by atoms with van der Waals surface area (Å²) in [4.78, 5) is 9.28. The Kier molecular flexibility index (Phi) is 7.35. The first-order valence-corrected chi connectivity index (χ1v) is 8.13. The van der Waals surface area contributed by atoms with Gasteiger partial charge < -0.3 is 15.1 Å². The van der Waals surface area contributed by atoms with Crippen molar-refractivity contribution in [3.8, 4) is 0 Å². The Hall–Kier alpha value is -0.770. The fraction of sp³-hybridized carbons (Fsp3) is 0.938. The zero-order chi connectivity index (χ0) is 15.1. The van der Waals surface area contributed by atoms with Crippen LogP contribution in [-0.2, 0) is 0 Å². The predicted molar refractivity (Wildman–Crippen MR) is 88.3 cm³/mol. The molecule has 4 heteroatoms. The van der Waals surface area contributed by atoms with E-state index >= 15 is 0 Å². The number of hydrogen-bond acceptors (Lipinski definition) is 2. The van der Waals surface area contributed by atoms with Gasteiger partial charge in [-0.15, -0.1) is 0 Å². The summed E-state index contributed by atoms with van der Waals surface area (Å²) < 4.78 is 0. The minimum absolute atomic E-state index is 0.647. The molecular formula is C16H34N4. The van der Waals surface area contributed by atoms with Gasteiger partial charge in [0.1, 0.15) is 0 Å². The predicted octanol–water partition coefficient (Wildman–Crippen LogP) is 2.27. The van der Waals surface area contributed by atoms with Crippen LogP contribution in [0, 0.1) is 11.8 Å². The first-order chi connectivity index (χ1) is 9.47. The highest BCUT2D eigenvalue weighted by atomic mass is 15.3. The van der Waals surface area contributed by atoms with Crippen LogP contribution in [0.5, 0.6) is 0 Å². The molecule has 20 heavy (non-hydrogen) atoms. The molecule has 1 aliphatic rings. The quantitative estimate of drug-likeness (QED) is 0.620. The molecule has 0 radical (unpaired) electrons. The lowest BCUT2D eigenvalue weighted by atomic mass is 9.92. The standard InChI is InChI=1S/C16H34N4/c1-7-15(4)19(6)9-8-18-16(17-5)20-11-13(2)10-14(3)12-20/h13-15H,7-12H2,1-6H3,(H,17,18). The van der Waals surface area contributed by atoms with Gasteiger partial charge in [-0.1, -0.05) is 20.8 Å². The number of likely N-dealkylation sites (N-methyl/N-ethyl adjacent to an activating group) is 1. The van der Waals surface area contributed by atoms with Gasteiger partial charge in [-0.25, -0.2) is 0 Å². The molecule has 0 spiro atoms. The number of piperidine rings is 1. The Morgan fingerprint density at radius 3 is 2.45 bits per heavy atom. The van der Waals surface area contributed by atoms with Crippen molar-refractivity contribution in [3.05, 3.63) is 0 Å². The number of likely N-dealkylation sites (tertiary alicyclic amines) is 1. The highest BCUT2D eigenvalue weighted by molar-refractivity contribution is 5.80. The van der Waals surface area contributed by atoms with Crippen molar-refractivity contribution in [3.63, 3.8) is 0 Å². The smallest absolute Gasteiger partial charge is 0.193 e. The molecule has 1 aliphatic heterocycles. The van der Waals surface area contributed by atoms with Crippen molar-refractivity contribution in [2.45, 2.75) is 46.6 Å². The van der Waals surface area contributed by atoms with Crippen molar-refractivity contribution in [1.29, 1.82) is 0 Å². The molecule has 3 atom stereocenters. The van der Waals surface area contributed by atoms with Crippen molar-refractivity contribution in [2.24, 2.45) is 16.8 Å². The van der Waals surface area contributed by atoms with Crippen LogP contribution in [0.3, 0.4) is 0 Å². The van der Waals surface area contributed by atoms with Crippen LogP contribution in [-0.4, -0.2) is 62.1 Å². The highest BCUT2D eigenvalue weighted by Crippen LogP contribution is 2.20. The summed E-state index contributed by atoms with van der Waals surface area (Å²) >= 11 is 0. The van der Waals surface area contributed by atoms with E-state index in [4.69, 9.17) is 0 Å². The van der Waals surface area contributed by atoms with E-state index in [1.807, 2.05) is 7.05 Å². The second-order valence-corrected chi connectivity index (χ2v) is 6.56. The van der Waals surface area contributed by atoms with Gasteiger partial charge in [-0.3, -0.25) is 4.99 Å². The number of hydrogen-bond donors (Lipinski definition) is 1. The van der Waals surface area contributed by atoms with Crippen LogP contribution in [0.2, 0.25) is 0 Å². The number of nitrogens with one attached hydrogen (secondary N) is 1. The summed E-state index contributed by atoms with van der Waals surface area (Å²) in [6.07, 6.45) is 2.54. The van der Waals surface area contributed by atoms with E-state index in [-0.39, 0.29) is 0 Å². The maximum absolute atomic E-state index is 4.46. The Bertz CT molecular complexity index is 293. The van der Waals surface area contributed by atoms with E-state index in [0.717, 1.165) is 44.0 Å². The average molecular weight is 282 g/mol. The van der Waals surface area contributed by atoms with Crippen LogP contribution in [0.1, 0.15) is 40.5 Å². The monoisotopic (exact) mass is 282 g/mol. The molecule has 0 bridgehead atoms. The number of nitrogens with zero attached hydrogens (tertiary/aromatic N) is 3. The van der Waals surface area contributed by atoms with Gasteiger partial charge in [0.25, 0.3) is 0 Å². The molecule has 118 valence electrons. The van der Waals surface area contributed by atoms with Gasteiger partial charge in [0, 0.05) is 39.3 Å². The topological polar surface area (TPSA) is 30.9 Å². The molecule has 1 rings (SSSR count). The van der Waals surface area contributed by atoms with E-state index < -0.39 is 0 Å². The number of aliphatic imine (C=N–C) groups is 1. The Labute approximate surface area is 125 Å². The summed E-state index contributed by atoms with van der Waals surface area (Å²) in [7, 11) is 4.09. The van der Waals surface area contributed by atoms with Crippen LogP contribution in [0.25, 0.3) is 0 Å². The molecule has 1 heterocycles. The first kappa shape index (κ1) is 17.3. The minimum Gasteiger partial charge on any atom is -0.355 e. The third-order valence-electron chi connectivity index (χ3n) is 4.47.